The first-order valence-electron chi connectivity index (χ1n) is 6.27. The van der Waals surface area contributed by atoms with Gasteiger partial charge in [0.25, 0.3) is 0 Å². The molecule has 0 amide bonds. The highest BCUT2D eigenvalue weighted by molar-refractivity contribution is 5.69. The third-order valence-corrected chi connectivity index (χ3v) is 3.11. The molecule has 2 aliphatic heterocycles. The fraction of sp³-hybridized carbons (Fsp3) is 0.833. The number of carbonyl (C=O) groups is 2. The van der Waals surface area contributed by atoms with Gasteiger partial charge in [0.1, 0.15) is 12.2 Å². The smallest absolute Gasteiger partial charge is 0.305 e. The highest BCUT2D eigenvalue weighted by Gasteiger charge is 2.50. The van der Waals surface area contributed by atoms with Crippen molar-refractivity contribution in [1.29, 1.82) is 0 Å². The minimum atomic E-state index is -0.396. The van der Waals surface area contributed by atoms with Crippen molar-refractivity contribution in [3.63, 3.8) is 0 Å². The molecule has 6 nitrogen and oxygen atoms in total. The zero-order chi connectivity index (χ0) is 13.1. The lowest BCUT2D eigenvalue weighted by molar-refractivity contribution is -0.154. The summed E-state index contributed by atoms with van der Waals surface area (Å²) in [6, 6.07) is 0. The zero-order valence-electron chi connectivity index (χ0n) is 10.6. The summed E-state index contributed by atoms with van der Waals surface area (Å²) >= 11 is 0. The number of ether oxygens (including phenoxy) is 4. The molecule has 2 aliphatic rings. The number of hydrogen-bond acceptors (Lipinski definition) is 6. The molecule has 0 spiro atoms. The third kappa shape index (κ3) is 2.64. The first-order chi connectivity index (χ1) is 8.65. The summed E-state index contributed by atoms with van der Waals surface area (Å²) in [7, 11) is 0. The van der Waals surface area contributed by atoms with E-state index in [-0.39, 0.29) is 24.1 Å². The van der Waals surface area contributed by atoms with Crippen LogP contribution in [0.5, 0.6) is 0 Å². The molecule has 2 heterocycles. The second-order valence-corrected chi connectivity index (χ2v) is 4.36. The number of rotatable bonds is 4. The first-order valence-corrected chi connectivity index (χ1v) is 6.27. The lowest BCUT2D eigenvalue weighted by atomic mass is 10.1. The van der Waals surface area contributed by atoms with Gasteiger partial charge in [0.2, 0.25) is 0 Å². The van der Waals surface area contributed by atoms with E-state index in [1.54, 1.807) is 13.8 Å². The lowest BCUT2D eigenvalue weighted by Crippen LogP contribution is -2.35. The van der Waals surface area contributed by atoms with Crippen LogP contribution in [0.4, 0.5) is 0 Å². The maximum absolute atomic E-state index is 11.2. The number of fused-ring (bicyclic) bond motifs is 1. The van der Waals surface area contributed by atoms with Crippen LogP contribution in [-0.4, -0.2) is 49.6 Å². The molecule has 2 fully saturated rings. The minimum Gasteiger partial charge on any atom is -0.457 e. The van der Waals surface area contributed by atoms with E-state index >= 15 is 0 Å². The summed E-state index contributed by atoms with van der Waals surface area (Å²) in [5.41, 5.74) is 0. The Morgan fingerprint density at radius 2 is 1.33 bits per heavy atom. The topological polar surface area (TPSA) is 71.1 Å². The van der Waals surface area contributed by atoms with Gasteiger partial charge in [0, 0.05) is 12.8 Å². The molecule has 0 aromatic carbocycles. The SMILES string of the molecule is CCC(=O)O[C@H]1CO[C@H]2[C@H]1OC[C@H]2OC(=O)CC. The van der Waals surface area contributed by atoms with Gasteiger partial charge in [-0.2, -0.15) is 0 Å². The lowest BCUT2D eigenvalue weighted by Gasteiger charge is -2.16. The summed E-state index contributed by atoms with van der Waals surface area (Å²) in [6.07, 6.45) is -0.796. The average molecular weight is 258 g/mol. The standard InChI is InChI=1S/C12H18O6/c1-3-9(13)17-7-5-15-12-8(6-16-11(7)12)18-10(14)4-2/h7-8,11-12H,3-6H2,1-2H3/t7-,8+,11-,12+. The zero-order valence-corrected chi connectivity index (χ0v) is 10.6. The van der Waals surface area contributed by atoms with Crippen LogP contribution in [0.15, 0.2) is 0 Å². The van der Waals surface area contributed by atoms with Gasteiger partial charge in [-0.3, -0.25) is 9.59 Å². The van der Waals surface area contributed by atoms with Crippen LogP contribution in [-0.2, 0) is 28.5 Å². The molecule has 0 aliphatic carbocycles. The summed E-state index contributed by atoms with van der Waals surface area (Å²) in [5, 5.41) is 0. The van der Waals surface area contributed by atoms with Crippen LogP contribution < -0.4 is 0 Å². The monoisotopic (exact) mass is 258 g/mol. The Labute approximate surface area is 106 Å². The quantitative estimate of drug-likeness (QED) is 0.681. The molecule has 102 valence electrons. The Hall–Kier alpha value is -1.14. The molecule has 0 N–H and O–H groups in total. The van der Waals surface area contributed by atoms with Crippen molar-refractivity contribution in [1.82, 2.24) is 0 Å². The molecule has 0 aromatic rings. The molecular weight excluding hydrogens is 240 g/mol. The molecule has 0 radical (unpaired) electrons. The van der Waals surface area contributed by atoms with E-state index in [9.17, 15) is 9.59 Å². The van der Waals surface area contributed by atoms with Crippen molar-refractivity contribution < 1.29 is 28.5 Å². The first kappa shape index (κ1) is 13.3. The van der Waals surface area contributed by atoms with Gasteiger partial charge in [-0.25, -0.2) is 0 Å². The molecule has 0 saturated carbocycles. The predicted molar refractivity (Wildman–Crippen MR) is 59.8 cm³/mol. The van der Waals surface area contributed by atoms with Crippen LogP contribution in [0.1, 0.15) is 26.7 Å². The van der Waals surface area contributed by atoms with Gasteiger partial charge in [-0.05, 0) is 0 Å². The Bertz CT molecular complexity index is 297. The second-order valence-electron chi connectivity index (χ2n) is 4.36. The normalized spacial score (nSPS) is 34.1. The van der Waals surface area contributed by atoms with Crippen molar-refractivity contribution in [2.24, 2.45) is 0 Å². The summed E-state index contributed by atoms with van der Waals surface area (Å²) in [4.78, 5) is 22.5. The molecule has 18 heavy (non-hydrogen) atoms. The van der Waals surface area contributed by atoms with Gasteiger partial charge < -0.3 is 18.9 Å². The molecule has 0 bridgehead atoms. The highest BCUT2D eigenvalue weighted by Crippen LogP contribution is 2.30. The molecule has 2 saturated heterocycles. The van der Waals surface area contributed by atoms with Crippen molar-refractivity contribution in [2.45, 2.75) is 51.1 Å². The van der Waals surface area contributed by atoms with Gasteiger partial charge in [0.15, 0.2) is 12.2 Å². The van der Waals surface area contributed by atoms with E-state index in [2.05, 4.69) is 0 Å². The van der Waals surface area contributed by atoms with Crippen molar-refractivity contribution in [3.8, 4) is 0 Å². The average Bonchev–Trinajstić information content (AvgIpc) is 2.93. The molecular formula is C12H18O6. The maximum atomic E-state index is 11.2. The number of hydrogen-bond donors (Lipinski definition) is 0. The Morgan fingerprint density at radius 1 is 0.944 bits per heavy atom. The van der Waals surface area contributed by atoms with Crippen LogP contribution in [0, 0.1) is 0 Å². The predicted octanol–water partition coefficient (Wildman–Crippen LogP) is 0.428. The van der Waals surface area contributed by atoms with Crippen LogP contribution in [0.25, 0.3) is 0 Å². The summed E-state index contributed by atoms with van der Waals surface area (Å²) in [5.74, 6) is -0.552. The molecule has 0 aromatic heterocycles. The van der Waals surface area contributed by atoms with Gasteiger partial charge in [0.05, 0.1) is 13.2 Å². The van der Waals surface area contributed by atoms with E-state index in [4.69, 9.17) is 18.9 Å². The van der Waals surface area contributed by atoms with E-state index in [1.807, 2.05) is 0 Å². The second kappa shape index (κ2) is 5.67. The largest absolute Gasteiger partial charge is 0.457 e. The molecule has 2 rings (SSSR count). The van der Waals surface area contributed by atoms with E-state index in [0.717, 1.165) is 0 Å². The number of esters is 2. The summed E-state index contributed by atoms with van der Waals surface area (Å²) < 4.78 is 21.5. The van der Waals surface area contributed by atoms with Crippen molar-refractivity contribution in [3.05, 3.63) is 0 Å². The molecule has 6 heteroatoms. The number of carbonyl (C=O) groups excluding carboxylic acids is 2. The van der Waals surface area contributed by atoms with E-state index in [0.29, 0.717) is 26.1 Å². The maximum Gasteiger partial charge on any atom is 0.305 e. The van der Waals surface area contributed by atoms with Crippen LogP contribution in [0.3, 0.4) is 0 Å². The Morgan fingerprint density at radius 3 is 1.67 bits per heavy atom. The molecule has 0 unspecified atom stereocenters. The van der Waals surface area contributed by atoms with Crippen LogP contribution in [0.2, 0.25) is 0 Å². The van der Waals surface area contributed by atoms with Gasteiger partial charge in [-0.15, -0.1) is 0 Å². The van der Waals surface area contributed by atoms with Crippen molar-refractivity contribution in [2.75, 3.05) is 13.2 Å². The fourth-order valence-electron chi connectivity index (χ4n) is 2.14. The Kier molecular flexibility index (Phi) is 4.19. The van der Waals surface area contributed by atoms with Crippen LogP contribution >= 0.6 is 0 Å². The van der Waals surface area contributed by atoms with E-state index in [1.165, 1.54) is 0 Å². The highest BCUT2D eigenvalue weighted by atomic mass is 16.7. The van der Waals surface area contributed by atoms with E-state index < -0.39 is 12.2 Å². The van der Waals surface area contributed by atoms with Gasteiger partial charge in [-0.1, -0.05) is 13.8 Å². The third-order valence-electron chi connectivity index (χ3n) is 3.11. The Balaban J connectivity index is 1.90. The minimum absolute atomic E-state index is 0.276. The van der Waals surface area contributed by atoms with Crippen molar-refractivity contribution >= 4 is 11.9 Å². The van der Waals surface area contributed by atoms with Gasteiger partial charge >= 0.3 is 11.9 Å². The summed E-state index contributed by atoms with van der Waals surface area (Å²) in [6.45, 7) is 4.05. The fourth-order valence-corrected chi connectivity index (χ4v) is 2.14. The molecule has 4 atom stereocenters.